The normalized spacial score (nSPS) is 15.1. The van der Waals surface area contributed by atoms with Crippen LogP contribution in [0.15, 0.2) is 53.0 Å². The summed E-state index contributed by atoms with van der Waals surface area (Å²) >= 11 is 3.40. The first kappa shape index (κ1) is 25.2. The van der Waals surface area contributed by atoms with Crippen LogP contribution in [0.3, 0.4) is 0 Å². The van der Waals surface area contributed by atoms with Crippen molar-refractivity contribution in [2.45, 2.75) is 51.5 Å². The van der Waals surface area contributed by atoms with Gasteiger partial charge in [-0.2, -0.15) is 0 Å². The molecule has 2 amide bonds. The van der Waals surface area contributed by atoms with Gasteiger partial charge in [-0.1, -0.05) is 40.2 Å². The van der Waals surface area contributed by atoms with Gasteiger partial charge >= 0.3 is 12.0 Å². The predicted octanol–water partition coefficient (Wildman–Crippen LogP) is 5.68. The molecule has 2 aromatic rings. The van der Waals surface area contributed by atoms with Gasteiger partial charge in [0.05, 0.1) is 6.61 Å². The third-order valence-corrected chi connectivity index (χ3v) is 6.46. The van der Waals surface area contributed by atoms with Crippen LogP contribution in [-0.4, -0.2) is 43.1 Å². The van der Waals surface area contributed by atoms with Crippen molar-refractivity contribution in [1.29, 1.82) is 0 Å². The Labute approximate surface area is 205 Å². The van der Waals surface area contributed by atoms with Gasteiger partial charge in [-0.05, 0) is 80.5 Å². The summed E-state index contributed by atoms with van der Waals surface area (Å²) in [6, 6.07) is 16.5. The Hall–Kier alpha value is -2.38. The van der Waals surface area contributed by atoms with E-state index in [1.165, 1.54) is 24.5 Å². The van der Waals surface area contributed by atoms with E-state index in [-0.39, 0.29) is 12.0 Å². The molecule has 0 aromatic heterocycles. The highest BCUT2D eigenvalue weighted by atomic mass is 79.9. The van der Waals surface area contributed by atoms with Crippen molar-refractivity contribution in [3.8, 4) is 0 Å². The lowest BCUT2D eigenvalue weighted by Crippen LogP contribution is -2.36. The van der Waals surface area contributed by atoms with Crippen LogP contribution in [0.4, 0.5) is 10.5 Å². The molecular weight excluding hydrogens is 482 g/mol. The Bertz CT molecular complexity index is 904. The lowest BCUT2D eigenvalue weighted by Gasteiger charge is -2.36. The molecule has 0 spiro atoms. The minimum absolute atomic E-state index is 0.187. The highest BCUT2D eigenvalue weighted by Crippen LogP contribution is 2.34. The van der Waals surface area contributed by atoms with Crippen LogP contribution in [0.5, 0.6) is 0 Å². The summed E-state index contributed by atoms with van der Waals surface area (Å²) in [5.74, 6) is -0.222. The summed E-state index contributed by atoms with van der Waals surface area (Å²) in [6.45, 7) is 4.39. The lowest BCUT2D eigenvalue weighted by molar-refractivity contribution is -0.141. The van der Waals surface area contributed by atoms with E-state index < -0.39 is 0 Å². The summed E-state index contributed by atoms with van der Waals surface area (Å²) in [7, 11) is 0. The first-order valence-electron chi connectivity index (χ1n) is 11.8. The molecule has 1 aliphatic carbocycles. The SMILES string of the molecule is CC(=O)OCCCCN(CCCNC(=O)Nc1ccc(Br)cc1)C1CCCc2ccccc21. The van der Waals surface area contributed by atoms with Gasteiger partial charge < -0.3 is 15.4 Å². The van der Waals surface area contributed by atoms with E-state index in [0.717, 1.165) is 55.4 Å². The molecule has 0 heterocycles. The van der Waals surface area contributed by atoms with E-state index in [9.17, 15) is 9.59 Å². The standard InChI is InChI=1S/C26H34BrN3O3/c1-20(31)33-19-5-4-17-30(25-11-6-9-21-8-2-3-10-24(21)25)18-7-16-28-26(32)29-23-14-12-22(27)13-15-23/h2-3,8,10,12-15,25H,4-7,9,11,16-19H2,1H3,(H2,28,29,32). The minimum atomic E-state index is -0.222. The van der Waals surface area contributed by atoms with Gasteiger partial charge in [-0.25, -0.2) is 4.79 Å². The highest BCUT2D eigenvalue weighted by Gasteiger charge is 2.25. The fraction of sp³-hybridized carbons (Fsp3) is 0.462. The number of halogens is 1. The Morgan fingerprint density at radius 2 is 1.82 bits per heavy atom. The fourth-order valence-corrected chi connectivity index (χ4v) is 4.62. The number of benzene rings is 2. The van der Waals surface area contributed by atoms with E-state index in [0.29, 0.717) is 19.2 Å². The number of aryl methyl sites for hydroxylation is 1. The Morgan fingerprint density at radius 1 is 1.06 bits per heavy atom. The van der Waals surface area contributed by atoms with Crippen molar-refractivity contribution in [3.63, 3.8) is 0 Å². The number of hydrogen-bond donors (Lipinski definition) is 2. The minimum Gasteiger partial charge on any atom is -0.466 e. The topological polar surface area (TPSA) is 70.7 Å². The number of carbonyl (C=O) groups excluding carboxylic acids is 2. The zero-order valence-electron chi connectivity index (χ0n) is 19.3. The Kier molecular flexibility index (Phi) is 10.2. The second-order valence-corrected chi connectivity index (χ2v) is 9.35. The lowest BCUT2D eigenvalue weighted by atomic mass is 9.86. The molecule has 1 atom stereocenters. The quantitative estimate of drug-likeness (QED) is 0.298. The molecule has 0 saturated heterocycles. The van der Waals surface area contributed by atoms with Crippen molar-refractivity contribution >= 4 is 33.6 Å². The molecule has 1 aliphatic rings. The number of ether oxygens (including phenoxy) is 1. The first-order valence-corrected chi connectivity index (χ1v) is 12.6. The maximum Gasteiger partial charge on any atom is 0.319 e. The molecule has 0 fully saturated rings. The largest absolute Gasteiger partial charge is 0.466 e. The zero-order valence-corrected chi connectivity index (χ0v) is 20.9. The molecule has 3 rings (SSSR count). The Morgan fingerprint density at radius 3 is 2.61 bits per heavy atom. The van der Waals surface area contributed by atoms with Crippen molar-refractivity contribution in [2.24, 2.45) is 0 Å². The van der Waals surface area contributed by atoms with Crippen molar-refractivity contribution in [1.82, 2.24) is 10.2 Å². The molecule has 0 radical (unpaired) electrons. The molecule has 2 aromatic carbocycles. The number of unbranched alkanes of at least 4 members (excludes halogenated alkanes) is 1. The number of nitrogens with one attached hydrogen (secondary N) is 2. The van der Waals surface area contributed by atoms with Crippen molar-refractivity contribution < 1.29 is 14.3 Å². The zero-order chi connectivity index (χ0) is 23.5. The number of hydrogen-bond acceptors (Lipinski definition) is 4. The molecular formula is C26H34BrN3O3. The van der Waals surface area contributed by atoms with Crippen LogP contribution in [0.1, 0.15) is 56.2 Å². The van der Waals surface area contributed by atoms with Gasteiger partial charge in [-0.15, -0.1) is 0 Å². The maximum atomic E-state index is 12.2. The molecule has 6 nitrogen and oxygen atoms in total. The van der Waals surface area contributed by atoms with Gasteiger partial charge in [0.1, 0.15) is 0 Å². The van der Waals surface area contributed by atoms with E-state index in [1.54, 1.807) is 0 Å². The summed E-state index contributed by atoms with van der Waals surface area (Å²) < 4.78 is 6.07. The van der Waals surface area contributed by atoms with Crippen LogP contribution in [0.25, 0.3) is 0 Å². The van der Waals surface area contributed by atoms with Crippen molar-refractivity contribution in [3.05, 3.63) is 64.1 Å². The second-order valence-electron chi connectivity index (χ2n) is 8.43. The van der Waals surface area contributed by atoms with Crippen LogP contribution in [0, 0.1) is 0 Å². The fourth-order valence-electron chi connectivity index (χ4n) is 4.36. The molecule has 0 bridgehead atoms. The number of amides is 2. The van der Waals surface area contributed by atoms with E-state index in [4.69, 9.17) is 4.74 Å². The number of nitrogens with zero attached hydrogens (tertiary/aromatic N) is 1. The van der Waals surface area contributed by atoms with E-state index >= 15 is 0 Å². The van der Waals surface area contributed by atoms with Gasteiger partial charge in [-0.3, -0.25) is 9.69 Å². The van der Waals surface area contributed by atoms with Crippen LogP contribution in [0.2, 0.25) is 0 Å². The second kappa shape index (κ2) is 13.4. The van der Waals surface area contributed by atoms with Crippen molar-refractivity contribution in [2.75, 3.05) is 31.6 Å². The van der Waals surface area contributed by atoms with E-state index in [1.807, 2.05) is 24.3 Å². The predicted molar refractivity (Wildman–Crippen MR) is 135 cm³/mol. The Balaban J connectivity index is 1.50. The average Bonchev–Trinajstić information content (AvgIpc) is 2.81. The third kappa shape index (κ3) is 8.48. The number of urea groups is 1. The van der Waals surface area contributed by atoms with Gasteiger partial charge in [0.15, 0.2) is 0 Å². The molecule has 33 heavy (non-hydrogen) atoms. The third-order valence-electron chi connectivity index (χ3n) is 5.93. The molecule has 2 N–H and O–H groups in total. The molecule has 0 saturated carbocycles. The molecule has 178 valence electrons. The molecule has 7 heteroatoms. The van der Waals surface area contributed by atoms with Crippen LogP contribution < -0.4 is 10.6 Å². The van der Waals surface area contributed by atoms with Gasteiger partial charge in [0.25, 0.3) is 0 Å². The number of fused-ring (bicyclic) bond motifs is 1. The summed E-state index contributed by atoms with van der Waals surface area (Å²) in [4.78, 5) is 25.8. The van der Waals surface area contributed by atoms with Crippen LogP contribution >= 0.6 is 15.9 Å². The number of anilines is 1. The summed E-state index contributed by atoms with van der Waals surface area (Å²) in [5.41, 5.74) is 3.65. The van der Waals surface area contributed by atoms with Gasteiger partial charge in [0, 0.05) is 36.2 Å². The van der Waals surface area contributed by atoms with Crippen LogP contribution in [-0.2, 0) is 16.0 Å². The summed E-state index contributed by atoms with van der Waals surface area (Å²) in [5, 5.41) is 5.83. The summed E-state index contributed by atoms with van der Waals surface area (Å²) in [6.07, 6.45) is 6.20. The smallest absolute Gasteiger partial charge is 0.319 e. The average molecular weight is 516 g/mol. The first-order chi connectivity index (χ1) is 16.0. The maximum absolute atomic E-state index is 12.2. The monoisotopic (exact) mass is 515 g/mol. The van der Waals surface area contributed by atoms with Gasteiger partial charge in [0.2, 0.25) is 0 Å². The molecule has 1 unspecified atom stereocenters. The number of esters is 1. The molecule has 0 aliphatic heterocycles. The number of carbonyl (C=O) groups is 2. The van der Waals surface area contributed by atoms with E-state index in [2.05, 4.69) is 55.7 Å². The number of rotatable bonds is 11. The highest BCUT2D eigenvalue weighted by molar-refractivity contribution is 9.10.